The number of hydroxylamine groups is 2. The predicted molar refractivity (Wildman–Crippen MR) is 89.7 cm³/mol. The van der Waals surface area contributed by atoms with Gasteiger partial charge in [-0.15, -0.1) is 0 Å². The summed E-state index contributed by atoms with van der Waals surface area (Å²) in [4.78, 5) is 39.4. The van der Waals surface area contributed by atoms with Crippen LogP contribution in [0.2, 0.25) is 0 Å². The van der Waals surface area contributed by atoms with Crippen molar-refractivity contribution >= 4 is 17.7 Å². The Bertz CT molecular complexity index is 624. The number of likely N-dealkylation sites (N-methyl/N-ethyl adjacent to an activating group) is 1. The zero-order valence-corrected chi connectivity index (χ0v) is 14.9. The maximum atomic E-state index is 12.4. The second-order valence-electron chi connectivity index (χ2n) is 6.34. The fourth-order valence-electron chi connectivity index (χ4n) is 1.95. The van der Waals surface area contributed by atoms with Crippen LogP contribution in [0.5, 0.6) is 0 Å². The molecular formula is C16H23N3O6. The zero-order chi connectivity index (χ0) is 19.2. The van der Waals surface area contributed by atoms with Gasteiger partial charge in [0, 0.05) is 25.6 Å². The highest BCUT2D eigenvalue weighted by molar-refractivity contribution is 5.85. The molecule has 9 nitrogen and oxygen atoms in total. The molecule has 9 heteroatoms. The van der Waals surface area contributed by atoms with Crippen molar-refractivity contribution < 1.29 is 24.1 Å². The van der Waals surface area contributed by atoms with E-state index in [-0.39, 0.29) is 12.1 Å². The molecule has 25 heavy (non-hydrogen) atoms. The fraction of sp³-hybridized carbons (Fsp3) is 0.500. The Morgan fingerprint density at radius 2 is 1.84 bits per heavy atom. The molecule has 2 amide bonds. The lowest BCUT2D eigenvalue weighted by atomic mass is 10.0. The number of alkyl carbamates (subject to hydrolysis) is 1. The third-order valence-electron chi connectivity index (χ3n) is 3.16. The molecule has 1 aromatic rings. The third kappa shape index (κ3) is 6.76. The number of carbonyl (C=O) groups is 2. The Hall–Kier alpha value is -2.68. The van der Waals surface area contributed by atoms with E-state index in [1.807, 2.05) is 0 Å². The Morgan fingerprint density at radius 1 is 1.28 bits per heavy atom. The average Bonchev–Trinajstić information content (AvgIpc) is 2.51. The molecule has 0 radical (unpaired) electrons. The lowest BCUT2D eigenvalue weighted by Gasteiger charge is -2.25. The van der Waals surface area contributed by atoms with Crippen molar-refractivity contribution in [2.24, 2.45) is 0 Å². The van der Waals surface area contributed by atoms with Gasteiger partial charge in [-0.05, 0) is 26.3 Å². The molecule has 1 atom stereocenters. The van der Waals surface area contributed by atoms with Crippen LogP contribution in [-0.4, -0.2) is 47.8 Å². The Balaban J connectivity index is 2.92. The quantitative estimate of drug-likeness (QED) is 0.619. The molecule has 0 aliphatic heterocycles. The van der Waals surface area contributed by atoms with Gasteiger partial charge < -0.3 is 10.1 Å². The monoisotopic (exact) mass is 353 g/mol. The average molecular weight is 353 g/mol. The minimum absolute atomic E-state index is 0.0549. The zero-order valence-electron chi connectivity index (χ0n) is 14.9. The topological polar surface area (TPSA) is 111 Å². The van der Waals surface area contributed by atoms with Gasteiger partial charge in [-0.3, -0.25) is 19.7 Å². The number of benzene rings is 1. The number of nitro groups is 1. The summed E-state index contributed by atoms with van der Waals surface area (Å²) >= 11 is 0. The van der Waals surface area contributed by atoms with E-state index >= 15 is 0 Å². The van der Waals surface area contributed by atoms with Gasteiger partial charge in [-0.25, -0.2) is 9.86 Å². The predicted octanol–water partition coefficient (Wildman–Crippen LogP) is 2.05. The highest BCUT2D eigenvalue weighted by Crippen LogP contribution is 2.14. The molecule has 0 heterocycles. The van der Waals surface area contributed by atoms with Crippen molar-refractivity contribution in [2.75, 3.05) is 14.2 Å². The Labute approximate surface area is 146 Å². The molecule has 0 saturated carbocycles. The van der Waals surface area contributed by atoms with E-state index in [0.29, 0.717) is 5.56 Å². The molecular weight excluding hydrogens is 330 g/mol. The highest BCUT2D eigenvalue weighted by Gasteiger charge is 2.27. The Morgan fingerprint density at radius 3 is 2.28 bits per heavy atom. The summed E-state index contributed by atoms with van der Waals surface area (Å²) < 4.78 is 5.17. The van der Waals surface area contributed by atoms with Crippen LogP contribution in [0.3, 0.4) is 0 Å². The summed E-state index contributed by atoms with van der Waals surface area (Å²) in [5, 5.41) is 14.2. The van der Waals surface area contributed by atoms with Crippen LogP contribution in [-0.2, 0) is 20.8 Å². The second kappa shape index (κ2) is 8.43. The number of nitrogens with zero attached hydrogens (tertiary/aromatic N) is 2. The van der Waals surface area contributed by atoms with Crippen LogP contribution in [0.15, 0.2) is 24.3 Å². The van der Waals surface area contributed by atoms with E-state index in [2.05, 4.69) is 5.32 Å². The van der Waals surface area contributed by atoms with Crippen LogP contribution in [0.1, 0.15) is 26.3 Å². The summed E-state index contributed by atoms with van der Waals surface area (Å²) in [7, 11) is 2.75. The van der Waals surface area contributed by atoms with Crippen molar-refractivity contribution in [3.63, 3.8) is 0 Å². The summed E-state index contributed by atoms with van der Waals surface area (Å²) in [6, 6.07) is 4.79. The van der Waals surface area contributed by atoms with E-state index in [9.17, 15) is 19.7 Å². The number of rotatable bonds is 6. The molecule has 1 N–H and O–H groups in total. The van der Waals surface area contributed by atoms with E-state index in [4.69, 9.17) is 9.57 Å². The van der Waals surface area contributed by atoms with Crippen LogP contribution in [0.4, 0.5) is 10.5 Å². The number of ether oxygens (including phenoxy) is 1. The van der Waals surface area contributed by atoms with Crippen molar-refractivity contribution in [1.29, 1.82) is 0 Å². The van der Waals surface area contributed by atoms with Crippen LogP contribution >= 0.6 is 0 Å². The minimum atomic E-state index is -0.943. The van der Waals surface area contributed by atoms with Gasteiger partial charge in [0.15, 0.2) is 0 Å². The summed E-state index contributed by atoms with van der Waals surface area (Å²) in [5.74, 6) is -0.480. The number of nitrogens with one attached hydrogen (secondary N) is 1. The third-order valence-corrected chi connectivity index (χ3v) is 3.16. The summed E-state index contributed by atoms with van der Waals surface area (Å²) in [6.07, 6.45) is -0.610. The first-order valence-electron chi connectivity index (χ1n) is 7.58. The first kappa shape index (κ1) is 20.4. The van der Waals surface area contributed by atoms with E-state index in [1.54, 1.807) is 20.8 Å². The number of nitro benzene ring substituents is 1. The SMILES string of the molecule is CON(C)C(=O)[C@H](Cc1ccc([N+](=O)[O-])cc1)NC(=O)OC(C)(C)C. The molecule has 0 aliphatic carbocycles. The molecule has 0 aliphatic rings. The van der Waals surface area contributed by atoms with Gasteiger partial charge in [-0.1, -0.05) is 12.1 Å². The first-order chi connectivity index (χ1) is 11.5. The minimum Gasteiger partial charge on any atom is -0.444 e. The molecule has 0 bridgehead atoms. The number of non-ortho nitro benzene ring substituents is 1. The number of amides is 2. The maximum absolute atomic E-state index is 12.4. The van der Waals surface area contributed by atoms with Crippen LogP contribution in [0, 0.1) is 10.1 Å². The highest BCUT2D eigenvalue weighted by atomic mass is 16.7. The van der Waals surface area contributed by atoms with E-state index in [1.165, 1.54) is 38.4 Å². The molecule has 1 aromatic carbocycles. The van der Waals surface area contributed by atoms with Crippen LogP contribution < -0.4 is 5.32 Å². The van der Waals surface area contributed by atoms with Crippen molar-refractivity contribution in [2.45, 2.75) is 38.8 Å². The first-order valence-corrected chi connectivity index (χ1v) is 7.58. The Kier molecular flexibility index (Phi) is 6.86. The lowest BCUT2D eigenvalue weighted by Crippen LogP contribution is -2.49. The molecule has 0 saturated heterocycles. The van der Waals surface area contributed by atoms with Crippen molar-refractivity contribution in [1.82, 2.24) is 10.4 Å². The van der Waals surface area contributed by atoms with Gasteiger partial charge >= 0.3 is 6.09 Å². The summed E-state index contributed by atoms with van der Waals surface area (Å²) in [5.41, 5.74) is -0.122. The van der Waals surface area contributed by atoms with Gasteiger partial charge in [0.2, 0.25) is 0 Å². The normalized spacial score (nSPS) is 12.2. The van der Waals surface area contributed by atoms with Crippen molar-refractivity contribution in [3.05, 3.63) is 39.9 Å². The molecule has 1 rings (SSSR count). The van der Waals surface area contributed by atoms with Gasteiger partial charge in [0.05, 0.1) is 12.0 Å². The number of carbonyl (C=O) groups excluding carboxylic acids is 2. The number of hydrogen-bond acceptors (Lipinski definition) is 6. The van der Waals surface area contributed by atoms with Gasteiger partial charge in [0.25, 0.3) is 11.6 Å². The van der Waals surface area contributed by atoms with Crippen LogP contribution in [0.25, 0.3) is 0 Å². The lowest BCUT2D eigenvalue weighted by molar-refractivity contribution is -0.384. The molecule has 0 spiro atoms. The van der Waals surface area contributed by atoms with Gasteiger partial charge in [0.1, 0.15) is 11.6 Å². The standard InChI is InChI=1S/C16H23N3O6/c1-16(2,3)25-15(21)17-13(14(20)18(4)24-5)10-11-6-8-12(9-7-11)19(22)23/h6-9,13H,10H2,1-5H3,(H,17,21)/t13-/m0/s1. The summed E-state index contributed by atoms with van der Waals surface area (Å²) in [6.45, 7) is 5.13. The molecule has 0 aromatic heterocycles. The molecule has 0 fully saturated rings. The van der Waals surface area contributed by atoms with E-state index < -0.39 is 28.6 Å². The number of hydrogen-bond donors (Lipinski definition) is 1. The van der Waals surface area contributed by atoms with Gasteiger partial charge in [-0.2, -0.15) is 0 Å². The fourth-order valence-corrected chi connectivity index (χ4v) is 1.95. The molecule has 138 valence electrons. The smallest absolute Gasteiger partial charge is 0.408 e. The van der Waals surface area contributed by atoms with Crippen molar-refractivity contribution in [3.8, 4) is 0 Å². The largest absolute Gasteiger partial charge is 0.444 e. The maximum Gasteiger partial charge on any atom is 0.408 e. The van der Waals surface area contributed by atoms with E-state index in [0.717, 1.165) is 5.06 Å². The molecule has 0 unspecified atom stereocenters. The second-order valence-corrected chi connectivity index (χ2v) is 6.34.